The highest BCUT2D eigenvalue weighted by molar-refractivity contribution is 5.77. The SMILES string of the molecule is CCN(O)C(=O)N1CCC(c2nc(-c3ccc(OC)cc3)c(-c3ccc(O)cc3)o2)CC1. The molecule has 0 unspecified atom stereocenters. The van der Waals surface area contributed by atoms with E-state index in [2.05, 4.69) is 0 Å². The number of methoxy groups -OCH3 is 1. The molecule has 168 valence electrons. The van der Waals surface area contributed by atoms with Gasteiger partial charge < -0.3 is 19.2 Å². The third kappa shape index (κ3) is 4.40. The molecule has 32 heavy (non-hydrogen) atoms. The van der Waals surface area contributed by atoms with Crippen molar-refractivity contribution in [3.63, 3.8) is 0 Å². The van der Waals surface area contributed by atoms with Gasteiger partial charge in [-0.2, -0.15) is 0 Å². The number of carbonyl (C=O) groups excluding carboxylic acids is 1. The molecule has 1 aliphatic heterocycles. The molecule has 2 heterocycles. The van der Waals surface area contributed by atoms with Gasteiger partial charge in [-0.3, -0.25) is 5.21 Å². The smallest absolute Gasteiger partial charge is 0.343 e. The van der Waals surface area contributed by atoms with Crippen molar-refractivity contribution in [2.75, 3.05) is 26.7 Å². The van der Waals surface area contributed by atoms with Crippen LogP contribution < -0.4 is 4.74 Å². The molecule has 0 saturated carbocycles. The highest BCUT2D eigenvalue weighted by Crippen LogP contribution is 2.38. The molecule has 0 atom stereocenters. The number of ether oxygens (including phenoxy) is 1. The maximum absolute atomic E-state index is 12.2. The molecule has 8 heteroatoms. The Morgan fingerprint density at radius 2 is 1.75 bits per heavy atom. The summed E-state index contributed by atoms with van der Waals surface area (Å²) in [5.74, 6) is 2.27. The van der Waals surface area contributed by atoms with Gasteiger partial charge in [0.1, 0.15) is 17.2 Å². The third-order valence-corrected chi connectivity index (χ3v) is 5.77. The van der Waals surface area contributed by atoms with Crippen LogP contribution in [0.5, 0.6) is 11.5 Å². The number of phenols is 1. The Morgan fingerprint density at radius 1 is 1.12 bits per heavy atom. The van der Waals surface area contributed by atoms with Crippen molar-refractivity contribution in [3.8, 4) is 34.1 Å². The topological polar surface area (TPSA) is 99.3 Å². The fourth-order valence-corrected chi connectivity index (χ4v) is 3.88. The monoisotopic (exact) mass is 437 g/mol. The van der Waals surface area contributed by atoms with Gasteiger partial charge in [0.15, 0.2) is 11.7 Å². The Kier molecular flexibility index (Phi) is 6.32. The van der Waals surface area contributed by atoms with Crippen LogP contribution in [0.3, 0.4) is 0 Å². The largest absolute Gasteiger partial charge is 0.508 e. The van der Waals surface area contributed by atoms with Crippen LogP contribution in [0.15, 0.2) is 52.9 Å². The van der Waals surface area contributed by atoms with Gasteiger partial charge in [-0.1, -0.05) is 0 Å². The first kappa shape index (κ1) is 21.7. The standard InChI is InChI=1S/C24H27N3O5/c1-3-27(30)24(29)26-14-12-18(13-15-26)23-25-21(16-6-10-20(31-2)11-7-16)22(32-23)17-4-8-19(28)9-5-17/h4-11,18,28,30H,3,12-15H2,1-2H3. The zero-order chi connectivity index (χ0) is 22.7. The molecular formula is C24H27N3O5. The number of likely N-dealkylation sites (tertiary alicyclic amines) is 1. The van der Waals surface area contributed by atoms with Gasteiger partial charge in [-0.15, -0.1) is 0 Å². The normalized spacial score (nSPS) is 14.4. The molecule has 2 N–H and O–H groups in total. The molecule has 1 aliphatic rings. The number of nitrogens with zero attached hydrogens (tertiary/aromatic N) is 3. The van der Waals surface area contributed by atoms with E-state index in [9.17, 15) is 15.1 Å². The van der Waals surface area contributed by atoms with E-state index in [1.54, 1.807) is 43.2 Å². The number of oxazole rings is 1. The number of hydrogen-bond acceptors (Lipinski definition) is 6. The summed E-state index contributed by atoms with van der Waals surface area (Å²) in [7, 11) is 1.62. The molecule has 3 aromatic rings. The Balaban J connectivity index is 1.62. The van der Waals surface area contributed by atoms with E-state index in [4.69, 9.17) is 14.1 Å². The minimum atomic E-state index is -0.373. The predicted octanol–water partition coefficient (Wildman–Crippen LogP) is 4.73. The second kappa shape index (κ2) is 9.32. The zero-order valence-electron chi connectivity index (χ0n) is 18.2. The highest BCUT2D eigenvalue weighted by Gasteiger charge is 2.30. The van der Waals surface area contributed by atoms with E-state index < -0.39 is 0 Å². The third-order valence-electron chi connectivity index (χ3n) is 5.77. The van der Waals surface area contributed by atoms with E-state index in [0.29, 0.717) is 37.6 Å². The molecule has 4 rings (SSSR count). The molecule has 8 nitrogen and oxygen atoms in total. The summed E-state index contributed by atoms with van der Waals surface area (Å²) in [6.07, 6.45) is 1.39. The van der Waals surface area contributed by atoms with Crippen molar-refractivity contribution in [3.05, 3.63) is 54.4 Å². The average Bonchev–Trinajstić information content (AvgIpc) is 3.29. The number of amides is 2. The van der Waals surface area contributed by atoms with Crippen LogP contribution in [0.4, 0.5) is 4.79 Å². The van der Waals surface area contributed by atoms with Crippen molar-refractivity contribution in [1.29, 1.82) is 0 Å². The number of aromatic nitrogens is 1. The summed E-state index contributed by atoms with van der Waals surface area (Å²) in [5, 5.41) is 20.1. The first-order valence-electron chi connectivity index (χ1n) is 10.7. The van der Waals surface area contributed by atoms with E-state index in [1.807, 2.05) is 24.3 Å². The van der Waals surface area contributed by atoms with Crippen molar-refractivity contribution in [2.24, 2.45) is 0 Å². The summed E-state index contributed by atoms with van der Waals surface area (Å²) in [5.41, 5.74) is 2.44. The van der Waals surface area contributed by atoms with Crippen LogP contribution in [-0.2, 0) is 0 Å². The van der Waals surface area contributed by atoms with Crippen LogP contribution >= 0.6 is 0 Å². The Hall–Kier alpha value is -3.52. The fraction of sp³-hybridized carbons (Fsp3) is 0.333. The van der Waals surface area contributed by atoms with Gasteiger partial charge in [-0.05, 0) is 68.3 Å². The van der Waals surface area contributed by atoms with Gasteiger partial charge in [0.2, 0.25) is 0 Å². The van der Waals surface area contributed by atoms with Gasteiger partial charge in [0.25, 0.3) is 0 Å². The lowest BCUT2D eigenvalue weighted by Gasteiger charge is -2.32. The molecule has 1 saturated heterocycles. The molecule has 0 spiro atoms. The van der Waals surface area contributed by atoms with Crippen molar-refractivity contribution in [2.45, 2.75) is 25.7 Å². The van der Waals surface area contributed by atoms with E-state index in [-0.39, 0.29) is 24.2 Å². The summed E-state index contributed by atoms with van der Waals surface area (Å²) in [6, 6.07) is 14.1. The first-order chi connectivity index (χ1) is 15.5. The maximum atomic E-state index is 12.2. The molecule has 2 amide bonds. The minimum Gasteiger partial charge on any atom is -0.508 e. The van der Waals surface area contributed by atoms with E-state index >= 15 is 0 Å². The molecule has 0 aliphatic carbocycles. The van der Waals surface area contributed by atoms with Gasteiger partial charge in [-0.25, -0.2) is 14.8 Å². The Bertz CT molecular complexity index is 1050. The number of benzene rings is 2. The lowest BCUT2D eigenvalue weighted by atomic mass is 9.97. The summed E-state index contributed by atoms with van der Waals surface area (Å²) < 4.78 is 11.5. The van der Waals surface area contributed by atoms with Crippen LogP contribution in [0, 0.1) is 0 Å². The van der Waals surface area contributed by atoms with Crippen molar-refractivity contribution >= 4 is 6.03 Å². The zero-order valence-corrected chi connectivity index (χ0v) is 18.2. The van der Waals surface area contributed by atoms with Crippen LogP contribution in [0.1, 0.15) is 31.6 Å². The molecule has 0 bridgehead atoms. The number of urea groups is 1. The summed E-state index contributed by atoms with van der Waals surface area (Å²) in [6.45, 7) is 3.02. The second-order valence-electron chi connectivity index (χ2n) is 7.76. The summed E-state index contributed by atoms with van der Waals surface area (Å²) >= 11 is 0. The maximum Gasteiger partial charge on any atom is 0.343 e. The number of carbonyl (C=O) groups is 1. The highest BCUT2D eigenvalue weighted by atomic mass is 16.5. The van der Waals surface area contributed by atoms with Crippen molar-refractivity contribution < 1.29 is 24.3 Å². The number of piperidine rings is 1. The van der Waals surface area contributed by atoms with Gasteiger partial charge in [0, 0.05) is 36.7 Å². The molecule has 0 radical (unpaired) electrons. The first-order valence-corrected chi connectivity index (χ1v) is 10.7. The van der Waals surface area contributed by atoms with Gasteiger partial charge >= 0.3 is 6.03 Å². The Morgan fingerprint density at radius 3 is 2.34 bits per heavy atom. The second-order valence-corrected chi connectivity index (χ2v) is 7.76. The molecular weight excluding hydrogens is 410 g/mol. The number of aromatic hydroxyl groups is 1. The Labute approximate surface area is 186 Å². The fourth-order valence-electron chi connectivity index (χ4n) is 3.88. The average molecular weight is 437 g/mol. The number of hydroxylamine groups is 2. The molecule has 2 aromatic carbocycles. The predicted molar refractivity (Wildman–Crippen MR) is 119 cm³/mol. The number of rotatable bonds is 5. The van der Waals surface area contributed by atoms with E-state index in [0.717, 1.165) is 27.6 Å². The van der Waals surface area contributed by atoms with Crippen LogP contribution in [-0.4, -0.2) is 58.0 Å². The lowest BCUT2D eigenvalue weighted by Crippen LogP contribution is -2.45. The lowest BCUT2D eigenvalue weighted by molar-refractivity contribution is -0.0543. The van der Waals surface area contributed by atoms with Crippen LogP contribution in [0.25, 0.3) is 22.6 Å². The molecule has 1 aromatic heterocycles. The minimum absolute atomic E-state index is 0.0654. The van der Waals surface area contributed by atoms with E-state index in [1.165, 1.54) is 0 Å². The van der Waals surface area contributed by atoms with Crippen molar-refractivity contribution in [1.82, 2.24) is 14.9 Å². The molecule has 1 fully saturated rings. The summed E-state index contributed by atoms with van der Waals surface area (Å²) in [4.78, 5) is 18.7. The number of phenolic OH excluding ortho intramolecular Hbond substituents is 1. The van der Waals surface area contributed by atoms with Gasteiger partial charge in [0.05, 0.1) is 7.11 Å². The quantitative estimate of drug-likeness (QED) is 0.442. The number of hydrogen-bond donors (Lipinski definition) is 2. The van der Waals surface area contributed by atoms with Crippen LogP contribution in [0.2, 0.25) is 0 Å².